The summed E-state index contributed by atoms with van der Waals surface area (Å²) in [5.41, 5.74) is 3.95. The van der Waals surface area contributed by atoms with Crippen molar-refractivity contribution >= 4 is 17.1 Å². The predicted octanol–water partition coefficient (Wildman–Crippen LogP) is 2.62. The second-order valence-electron chi connectivity index (χ2n) is 5.29. The third kappa shape index (κ3) is 1.67. The van der Waals surface area contributed by atoms with Gasteiger partial charge in [0.1, 0.15) is 0 Å². The number of hydrogen-bond acceptors (Lipinski definition) is 3. The third-order valence-corrected chi connectivity index (χ3v) is 4.10. The zero-order chi connectivity index (χ0) is 14.4. The Morgan fingerprint density at radius 3 is 2.14 bits per heavy atom. The van der Waals surface area contributed by atoms with Crippen LogP contribution in [-0.4, -0.2) is 18.1 Å². The number of allylic oxidation sites excluding steroid dienone is 2. The van der Waals surface area contributed by atoms with Crippen LogP contribution in [0.25, 0.3) is 5.57 Å². The molecule has 0 amide bonds. The fourth-order valence-corrected chi connectivity index (χ4v) is 3.11. The Morgan fingerprint density at radius 1 is 0.762 bits per heavy atom. The van der Waals surface area contributed by atoms with Gasteiger partial charge in [0.15, 0.2) is 5.78 Å². The van der Waals surface area contributed by atoms with E-state index in [1.54, 1.807) is 24.3 Å². The molecule has 1 aliphatic carbocycles. The van der Waals surface area contributed by atoms with E-state index in [1.165, 1.54) is 0 Å². The van der Waals surface area contributed by atoms with Crippen LogP contribution in [-0.2, 0) is 6.42 Å². The third-order valence-electron chi connectivity index (χ3n) is 4.10. The van der Waals surface area contributed by atoms with Crippen LogP contribution in [0.4, 0.5) is 0 Å². The summed E-state index contributed by atoms with van der Waals surface area (Å²) in [6.07, 6.45) is 0.806. The van der Waals surface area contributed by atoms with E-state index in [2.05, 4.69) is 5.32 Å². The zero-order valence-electron chi connectivity index (χ0n) is 11.3. The standard InChI is InChI=1S/C18H13NO2/c20-17-13-7-3-4-8-14(13)18(21)16-15(17)12-6-2-1-5-11(12)9-10-19-16/h1-8,19H,9-10H2. The molecule has 0 radical (unpaired) electrons. The van der Waals surface area contributed by atoms with Gasteiger partial charge in [0.05, 0.1) is 11.3 Å². The second-order valence-corrected chi connectivity index (χ2v) is 5.29. The van der Waals surface area contributed by atoms with Gasteiger partial charge in [-0.3, -0.25) is 9.59 Å². The number of carbonyl (C=O) groups excluding carboxylic acids is 2. The topological polar surface area (TPSA) is 46.2 Å². The van der Waals surface area contributed by atoms with Crippen molar-refractivity contribution in [3.63, 3.8) is 0 Å². The predicted molar refractivity (Wildman–Crippen MR) is 80.2 cm³/mol. The van der Waals surface area contributed by atoms with E-state index < -0.39 is 0 Å². The first-order chi connectivity index (χ1) is 10.3. The average Bonchev–Trinajstić information content (AvgIpc) is 2.72. The molecule has 3 heteroatoms. The fraction of sp³-hybridized carbons (Fsp3) is 0.111. The smallest absolute Gasteiger partial charge is 0.210 e. The van der Waals surface area contributed by atoms with Crippen molar-refractivity contribution in [2.45, 2.75) is 6.42 Å². The fourth-order valence-electron chi connectivity index (χ4n) is 3.11. The lowest BCUT2D eigenvalue weighted by molar-refractivity contribution is 0.0986. The van der Waals surface area contributed by atoms with E-state index >= 15 is 0 Å². The second kappa shape index (κ2) is 4.42. The van der Waals surface area contributed by atoms with Crippen molar-refractivity contribution in [3.8, 4) is 0 Å². The average molecular weight is 275 g/mol. The van der Waals surface area contributed by atoms with Gasteiger partial charge in [0, 0.05) is 17.7 Å². The molecule has 2 aromatic carbocycles. The van der Waals surface area contributed by atoms with Gasteiger partial charge < -0.3 is 5.32 Å². The van der Waals surface area contributed by atoms with E-state index in [4.69, 9.17) is 0 Å². The van der Waals surface area contributed by atoms with Crippen molar-refractivity contribution < 1.29 is 9.59 Å². The summed E-state index contributed by atoms with van der Waals surface area (Å²) in [5, 5.41) is 3.16. The van der Waals surface area contributed by atoms with Gasteiger partial charge in [0.2, 0.25) is 5.78 Å². The maximum absolute atomic E-state index is 12.9. The Hall–Kier alpha value is -2.68. The van der Waals surface area contributed by atoms with Gasteiger partial charge in [-0.1, -0.05) is 48.5 Å². The highest BCUT2D eigenvalue weighted by Gasteiger charge is 2.34. The number of carbonyl (C=O) groups is 2. The van der Waals surface area contributed by atoms with E-state index in [1.807, 2.05) is 24.3 Å². The first kappa shape index (κ1) is 12.1. The molecule has 1 heterocycles. The molecule has 2 aromatic rings. The maximum atomic E-state index is 12.9. The first-order valence-corrected chi connectivity index (χ1v) is 7.02. The Kier molecular flexibility index (Phi) is 2.54. The number of rotatable bonds is 0. The lowest BCUT2D eigenvalue weighted by Crippen LogP contribution is -2.29. The quantitative estimate of drug-likeness (QED) is 0.804. The molecular weight excluding hydrogens is 262 g/mol. The molecule has 102 valence electrons. The molecule has 3 nitrogen and oxygen atoms in total. The molecule has 4 rings (SSSR count). The molecule has 0 atom stereocenters. The Bertz CT molecular complexity index is 817. The van der Waals surface area contributed by atoms with Crippen LogP contribution in [0.1, 0.15) is 31.8 Å². The Morgan fingerprint density at radius 2 is 1.38 bits per heavy atom. The molecule has 21 heavy (non-hydrogen) atoms. The van der Waals surface area contributed by atoms with Crippen molar-refractivity contribution in [3.05, 3.63) is 76.5 Å². The summed E-state index contributed by atoms with van der Waals surface area (Å²) < 4.78 is 0. The summed E-state index contributed by atoms with van der Waals surface area (Å²) in [6.45, 7) is 0.664. The summed E-state index contributed by atoms with van der Waals surface area (Å²) in [4.78, 5) is 25.5. The highest BCUT2D eigenvalue weighted by molar-refractivity contribution is 6.40. The molecule has 0 bridgehead atoms. The van der Waals surface area contributed by atoms with Gasteiger partial charge in [-0.15, -0.1) is 0 Å². The highest BCUT2D eigenvalue weighted by atomic mass is 16.1. The lowest BCUT2D eigenvalue weighted by atomic mass is 9.83. The van der Waals surface area contributed by atoms with Crippen LogP contribution in [0, 0.1) is 0 Å². The van der Waals surface area contributed by atoms with Gasteiger partial charge in [-0.25, -0.2) is 0 Å². The number of nitrogens with one attached hydrogen (secondary N) is 1. The van der Waals surface area contributed by atoms with Crippen LogP contribution >= 0.6 is 0 Å². The molecule has 1 N–H and O–H groups in total. The number of benzene rings is 2. The minimum absolute atomic E-state index is 0.0675. The molecule has 2 aliphatic rings. The van der Waals surface area contributed by atoms with Crippen molar-refractivity contribution in [1.29, 1.82) is 0 Å². The molecule has 0 unspecified atom stereocenters. The summed E-state index contributed by atoms with van der Waals surface area (Å²) >= 11 is 0. The summed E-state index contributed by atoms with van der Waals surface area (Å²) in [5.74, 6) is -0.154. The van der Waals surface area contributed by atoms with E-state index in [-0.39, 0.29) is 11.6 Å². The maximum Gasteiger partial charge on any atom is 0.210 e. The lowest BCUT2D eigenvalue weighted by Gasteiger charge is -2.20. The van der Waals surface area contributed by atoms with Gasteiger partial charge in [-0.05, 0) is 17.5 Å². The van der Waals surface area contributed by atoms with Crippen LogP contribution in [0.15, 0.2) is 54.2 Å². The van der Waals surface area contributed by atoms with Crippen molar-refractivity contribution in [2.75, 3.05) is 6.54 Å². The van der Waals surface area contributed by atoms with Gasteiger partial charge >= 0.3 is 0 Å². The normalized spacial score (nSPS) is 16.6. The Balaban J connectivity index is 2.02. The molecular formula is C18H13NO2. The molecule has 0 spiro atoms. The van der Waals surface area contributed by atoms with E-state index in [9.17, 15) is 9.59 Å². The monoisotopic (exact) mass is 275 g/mol. The van der Waals surface area contributed by atoms with Gasteiger partial charge in [-0.2, -0.15) is 0 Å². The van der Waals surface area contributed by atoms with E-state index in [0.717, 1.165) is 17.5 Å². The number of fused-ring (bicyclic) bond motifs is 3. The van der Waals surface area contributed by atoms with Gasteiger partial charge in [0.25, 0.3) is 0 Å². The minimum atomic E-state index is -0.0862. The number of hydrogen-bond donors (Lipinski definition) is 1. The minimum Gasteiger partial charge on any atom is -0.381 e. The summed E-state index contributed by atoms with van der Waals surface area (Å²) in [6, 6.07) is 14.9. The Labute approximate surface area is 122 Å². The van der Waals surface area contributed by atoms with Crippen LogP contribution < -0.4 is 5.32 Å². The molecule has 0 saturated carbocycles. The summed E-state index contributed by atoms with van der Waals surface area (Å²) in [7, 11) is 0. The van der Waals surface area contributed by atoms with Crippen LogP contribution in [0.2, 0.25) is 0 Å². The van der Waals surface area contributed by atoms with Crippen LogP contribution in [0.5, 0.6) is 0 Å². The molecule has 0 fully saturated rings. The van der Waals surface area contributed by atoms with Crippen molar-refractivity contribution in [2.24, 2.45) is 0 Å². The highest BCUT2D eigenvalue weighted by Crippen LogP contribution is 2.34. The molecule has 1 aliphatic heterocycles. The largest absolute Gasteiger partial charge is 0.381 e. The zero-order valence-corrected chi connectivity index (χ0v) is 11.3. The number of Topliss-reactive ketones (excluding diaryl/α,β-unsaturated/α-hetero) is 2. The van der Waals surface area contributed by atoms with E-state index in [0.29, 0.717) is 28.9 Å². The first-order valence-electron chi connectivity index (χ1n) is 7.02. The molecule has 0 aromatic heterocycles. The van der Waals surface area contributed by atoms with Crippen molar-refractivity contribution in [1.82, 2.24) is 5.32 Å². The SMILES string of the molecule is O=C1C2=C(C(=O)c3ccccc31)c1ccccc1CCN2. The molecule has 0 saturated heterocycles. The number of ketones is 2. The van der Waals surface area contributed by atoms with Crippen LogP contribution in [0.3, 0.4) is 0 Å².